The van der Waals surface area contributed by atoms with Crippen LogP contribution in [0.15, 0.2) is 30.3 Å². The monoisotopic (exact) mass is 456 g/mol. The van der Waals surface area contributed by atoms with Gasteiger partial charge in [-0.2, -0.15) is 0 Å². The zero-order chi connectivity index (χ0) is 21.8. The summed E-state index contributed by atoms with van der Waals surface area (Å²) in [5, 5.41) is 7.58. The number of hydrogen-bond donors (Lipinski definition) is 2. The smallest absolute Gasteiger partial charge is 0.412 e. The van der Waals surface area contributed by atoms with Gasteiger partial charge < -0.3 is 10.1 Å². The average Bonchev–Trinajstić information content (AvgIpc) is 2.62. The predicted octanol–water partition coefficient (Wildman–Crippen LogP) is 8.26. The highest BCUT2D eigenvalue weighted by Gasteiger charge is 2.21. The summed E-state index contributed by atoms with van der Waals surface area (Å²) < 4.78 is 5.46. The van der Waals surface area contributed by atoms with Crippen LogP contribution in [0.2, 0.25) is 15.1 Å². The SMILES string of the molecule is CCC(CC)Nc1cccc(-c2cc(Cl)c(Cl)cc2Cl)c1NC(=O)OC(C)(C)C. The Morgan fingerprint density at radius 2 is 1.62 bits per heavy atom. The first-order valence-corrected chi connectivity index (χ1v) is 10.7. The maximum atomic E-state index is 12.6. The zero-order valence-electron chi connectivity index (χ0n) is 17.3. The van der Waals surface area contributed by atoms with Crippen molar-refractivity contribution in [3.05, 3.63) is 45.4 Å². The average molecular weight is 458 g/mol. The molecule has 2 aromatic rings. The molecule has 0 radical (unpaired) electrons. The van der Waals surface area contributed by atoms with Gasteiger partial charge in [-0.1, -0.05) is 60.8 Å². The third-order valence-corrected chi connectivity index (χ3v) is 5.37. The molecule has 0 saturated carbocycles. The van der Waals surface area contributed by atoms with Crippen molar-refractivity contribution in [2.24, 2.45) is 0 Å². The van der Waals surface area contributed by atoms with Gasteiger partial charge in [0.15, 0.2) is 0 Å². The number of benzene rings is 2. The van der Waals surface area contributed by atoms with Crippen LogP contribution in [0.5, 0.6) is 0 Å². The van der Waals surface area contributed by atoms with Gasteiger partial charge in [0.05, 0.1) is 26.4 Å². The Morgan fingerprint density at radius 3 is 2.21 bits per heavy atom. The zero-order valence-corrected chi connectivity index (χ0v) is 19.6. The highest BCUT2D eigenvalue weighted by molar-refractivity contribution is 6.44. The molecule has 0 aliphatic heterocycles. The van der Waals surface area contributed by atoms with Gasteiger partial charge in [0, 0.05) is 17.2 Å². The Balaban J connectivity index is 2.58. The minimum atomic E-state index is -0.622. The highest BCUT2D eigenvalue weighted by Crippen LogP contribution is 2.41. The van der Waals surface area contributed by atoms with Crippen molar-refractivity contribution < 1.29 is 9.53 Å². The van der Waals surface area contributed by atoms with Crippen molar-refractivity contribution in [2.45, 2.75) is 59.1 Å². The van der Waals surface area contributed by atoms with Crippen molar-refractivity contribution in [1.82, 2.24) is 0 Å². The van der Waals surface area contributed by atoms with Crippen molar-refractivity contribution in [2.75, 3.05) is 10.6 Å². The molecule has 0 bridgehead atoms. The van der Waals surface area contributed by atoms with E-state index in [2.05, 4.69) is 24.5 Å². The number of carbonyl (C=O) groups excluding carboxylic acids is 1. The van der Waals surface area contributed by atoms with Crippen LogP contribution in [-0.4, -0.2) is 17.7 Å². The van der Waals surface area contributed by atoms with E-state index in [1.54, 1.807) is 12.1 Å². The van der Waals surface area contributed by atoms with Gasteiger partial charge in [-0.25, -0.2) is 4.79 Å². The molecule has 0 atom stereocenters. The van der Waals surface area contributed by atoms with E-state index in [1.807, 2.05) is 39.0 Å². The van der Waals surface area contributed by atoms with Gasteiger partial charge in [0.1, 0.15) is 5.60 Å². The van der Waals surface area contributed by atoms with E-state index < -0.39 is 11.7 Å². The molecular formula is C22H27Cl3N2O2. The molecule has 0 fully saturated rings. The van der Waals surface area contributed by atoms with Crippen LogP contribution in [0, 0.1) is 0 Å². The van der Waals surface area contributed by atoms with Crippen molar-refractivity contribution in [1.29, 1.82) is 0 Å². The molecule has 0 aromatic heterocycles. The number of rotatable bonds is 6. The van der Waals surface area contributed by atoms with Crippen molar-refractivity contribution >= 4 is 52.3 Å². The van der Waals surface area contributed by atoms with E-state index in [9.17, 15) is 4.79 Å². The van der Waals surface area contributed by atoms with Gasteiger partial charge in [-0.05, 0) is 51.8 Å². The Labute approximate surface area is 187 Å². The molecule has 29 heavy (non-hydrogen) atoms. The summed E-state index contributed by atoms with van der Waals surface area (Å²) in [7, 11) is 0. The summed E-state index contributed by atoms with van der Waals surface area (Å²) in [6, 6.07) is 9.24. The molecule has 2 aromatic carbocycles. The normalized spacial score (nSPS) is 11.5. The molecule has 0 unspecified atom stereocenters. The Kier molecular flexibility index (Phi) is 8.10. The molecule has 1 amide bonds. The third-order valence-electron chi connectivity index (χ3n) is 4.34. The van der Waals surface area contributed by atoms with Crippen LogP contribution < -0.4 is 10.6 Å². The van der Waals surface area contributed by atoms with Gasteiger partial charge in [-0.15, -0.1) is 0 Å². The molecule has 0 aliphatic rings. The van der Waals surface area contributed by atoms with E-state index in [0.717, 1.165) is 24.1 Å². The summed E-state index contributed by atoms with van der Waals surface area (Å²) in [4.78, 5) is 12.6. The van der Waals surface area contributed by atoms with E-state index in [4.69, 9.17) is 39.5 Å². The van der Waals surface area contributed by atoms with Crippen molar-refractivity contribution in [3.63, 3.8) is 0 Å². The van der Waals surface area contributed by atoms with Gasteiger partial charge in [0.25, 0.3) is 0 Å². The first-order valence-electron chi connectivity index (χ1n) is 9.60. The van der Waals surface area contributed by atoms with E-state index in [0.29, 0.717) is 26.3 Å². The lowest BCUT2D eigenvalue weighted by molar-refractivity contribution is 0.0636. The first kappa shape index (κ1) is 23.7. The maximum Gasteiger partial charge on any atom is 0.412 e. The number of nitrogens with one attached hydrogen (secondary N) is 2. The quantitative estimate of drug-likeness (QED) is 0.429. The molecule has 2 N–H and O–H groups in total. The fourth-order valence-electron chi connectivity index (χ4n) is 2.88. The lowest BCUT2D eigenvalue weighted by Crippen LogP contribution is -2.28. The summed E-state index contributed by atoms with van der Waals surface area (Å²) in [5.74, 6) is 0. The fourth-order valence-corrected chi connectivity index (χ4v) is 3.53. The second-order valence-corrected chi connectivity index (χ2v) is 8.98. The number of halogens is 3. The molecular weight excluding hydrogens is 431 g/mol. The van der Waals surface area contributed by atoms with Crippen LogP contribution in [0.1, 0.15) is 47.5 Å². The van der Waals surface area contributed by atoms with Crippen LogP contribution >= 0.6 is 34.8 Å². The number of amides is 1. The second-order valence-electron chi connectivity index (χ2n) is 7.76. The van der Waals surface area contributed by atoms with Gasteiger partial charge in [-0.3, -0.25) is 5.32 Å². The minimum Gasteiger partial charge on any atom is -0.444 e. The lowest BCUT2D eigenvalue weighted by Gasteiger charge is -2.24. The van der Waals surface area contributed by atoms with Crippen molar-refractivity contribution in [3.8, 4) is 11.1 Å². The number of carbonyl (C=O) groups is 1. The summed E-state index contributed by atoms with van der Waals surface area (Å²) in [6.45, 7) is 9.68. The van der Waals surface area contributed by atoms with E-state index in [-0.39, 0.29) is 6.04 Å². The number of anilines is 2. The van der Waals surface area contributed by atoms with Gasteiger partial charge >= 0.3 is 6.09 Å². The molecule has 0 aliphatic carbocycles. The van der Waals surface area contributed by atoms with E-state index >= 15 is 0 Å². The maximum absolute atomic E-state index is 12.6. The summed E-state index contributed by atoms with van der Waals surface area (Å²) in [6.07, 6.45) is 1.34. The number of para-hydroxylation sites is 1. The Hall–Kier alpha value is -1.62. The van der Waals surface area contributed by atoms with Crippen LogP contribution in [-0.2, 0) is 4.74 Å². The van der Waals surface area contributed by atoms with Gasteiger partial charge in [0.2, 0.25) is 0 Å². The predicted molar refractivity (Wildman–Crippen MR) is 125 cm³/mol. The van der Waals surface area contributed by atoms with E-state index in [1.165, 1.54) is 0 Å². The minimum absolute atomic E-state index is 0.258. The molecule has 158 valence electrons. The Bertz CT molecular complexity index is 875. The number of ether oxygens (including phenoxy) is 1. The first-order chi connectivity index (χ1) is 13.6. The molecule has 7 heteroatoms. The standard InChI is InChI=1S/C22H27Cl3N2O2/c1-6-13(7-2)26-19-10-8-9-14(15-11-17(24)18(25)12-16(15)23)20(19)27-21(28)29-22(3,4)5/h8-13,26H,6-7H2,1-5H3,(H,27,28). The Morgan fingerprint density at radius 1 is 1.00 bits per heavy atom. The summed E-state index contributed by atoms with van der Waals surface area (Å²) >= 11 is 18.8. The largest absolute Gasteiger partial charge is 0.444 e. The van der Waals surface area contributed by atoms with Crippen LogP contribution in [0.3, 0.4) is 0 Å². The topological polar surface area (TPSA) is 50.4 Å². The molecule has 0 heterocycles. The fraction of sp³-hybridized carbons (Fsp3) is 0.409. The number of hydrogen-bond acceptors (Lipinski definition) is 3. The molecule has 2 rings (SSSR count). The highest BCUT2D eigenvalue weighted by atomic mass is 35.5. The molecule has 0 saturated heterocycles. The second kappa shape index (κ2) is 9.92. The van der Waals surface area contributed by atoms with Crippen LogP contribution in [0.4, 0.5) is 16.2 Å². The third kappa shape index (κ3) is 6.43. The van der Waals surface area contributed by atoms with Crippen LogP contribution in [0.25, 0.3) is 11.1 Å². The molecule has 0 spiro atoms. The summed E-state index contributed by atoms with van der Waals surface area (Å²) in [5.41, 5.74) is 2.12. The molecule has 4 nitrogen and oxygen atoms in total. The lowest BCUT2D eigenvalue weighted by atomic mass is 10.0.